The van der Waals surface area contributed by atoms with E-state index in [4.69, 9.17) is 0 Å². The molecule has 25 heavy (non-hydrogen) atoms. The van der Waals surface area contributed by atoms with Crippen LogP contribution < -0.4 is 0 Å². The summed E-state index contributed by atoms with van der Waals surface area (Å²) in [5, 5.41) is 4.68. The monoisotopic (exact) mass is 339 g/mol. The summed E-state index contributed by atoms with van der Waals surface area (Å²) < 4.78 is 15.6. The normalized spacial score (nSPS) is 25.8. The van der Waals surface area contributed by atoms with E-state index in [1.165, 1.54) is 17.3 Å². The molecule has 0 N–H and O–H groups in total. The average Bonchev–Trinajstić information content (AvgIpc) is 2.92. The third-order valence-electron chi connectivity index (χ3n) is 6.38. The predicted molar refractivity (Wildman–Crippen MR) is 92.5 cm³/mol. The van der Waals surface area contributed by atoms with Crippen molar-refractivity contribution in [3.05, 3.63) is 41.3 Å². The SMILES string of the molecule is Cn1nc(-c2cccc(F)c2)c2c1C[C@H]1CN(C(=O)C3(C)CC3)C[C@H]21. The highest BCUT2D eigenvalue weighted by atomic mass is 19.1. The molecule has 2 aromatic rings. The number of likely N-dealkylation sites (tertiary alicyclic amines) is 1. The second-order valence-electron chi connectivity index (χ2n) is 8.18. The number of benzene rings is 1. The van der Waals surface area contributed by atoms with Gasteiger partial charge in [-0.25, -0.2) is 4.39 Å². The van der Waals surface area contributed by atoms with E-state index in [9.17, 15) is 9.18 Å². The summed E-state index contributed by atoms with van der Waals surface area (Å²) in [6, 6.07) is 6.67. The van der Waals surface area contributed by atoms with Gasteiger partial charge >= 0.3 is 0 Å². The molecule has 130 valence electrons. The topological polar surface area (TPSA) is 38.1 Å². The van der Waals surface area contributed by atoms with Crippen molar-refractivity contribution >= 4 is 5.91 Å². The lowest BCUT2D eigenvalue weighted by molar-refractivity contribution is -0.135. The predicted octanol–water partition coefficient (Wildman–Crippen LogP) is 3.12. The highest BCUT2D eigenvalue weighted by molar-refractivity contribution is 5.85. The zero-order valence-electron chi connectivity index (χ0n) is 14.6. The van der Waals surface area contributed by atoms with Crippen molar-refractivity contribution in [3.63, 3.8) is 0 Å². The molecular weight excluding hydrogens is 317 g/mol. The molecule has 0 bridgehead atoms. The minimum absolute atomic E-state index is 0.109. The van der Waals surface area contributed by atoms with Gasteiger partial charge in [0.05, 0.1) is 5.69 Å². The van der Waals surface area contributed by atoms with Crippen LogP contribution in [0.2, 0.25) is 0 Å². The van der Waals surface area contributed by atoms with Crippen molar-refractivity contribution < 1.29 is 9.18 Å². The molecule has 2 aliphatic carbocycles. The maximum absolute atomic E-state index is 13.7. The Morgan fingerprint density at radius 3 is 2.84 bits per heavy atom. The van der Waals surface area contributed by atoms with Gasteiger partial charge in [0.15, 0.2) is 0 Å². The van der Waals surface area contributed by atoms with E-state index in [1.54, 1.807) is 12.1 Å². The van der Waals surface area contributed by atoms with Gasteiger partial charge in [-0.1, -0.05) is 19.1 Å². The number of carbonyl (C=O) groups excluding carboxylic acids is 1. The smallest absolute Gasteiger partial charge is 0.228 e. The Morgan fingerprint density at radius 2 is 2.12 bits per heavy atom. The van der Waals surface area contributed by atoms with Crippen molar-refractivity contribution in [2.24, 2.45) is 18.4 Å². The Labute approximate surface area is 146 Å². The van der Waals surface area contributed by atoms with Gasteiger partial charge in [-0.05, 0) is 37.3 Å². The van der Waals surface area contributed by atoms with E-state index in [-0.39, 0.29) is 11.2 Å². The first kappa shape index (κ1) is 15.1. The Kier molecular flexibility index (Phi) is 2.98. The number of hydrogen-bond donors (Lipinski definition) is 0. The molecule has 1 saturated carbocycles. The van der Waals surface area contributed by atoms with Gasteiger partial charge in [-0.3, -0.25) is 9.48 Å². The van der Waals surface area contributed by atoms with Crippen LogP contribution in [0.5, 0.6) is 0 Å². The summed E-state index contributed by atoms with van der Waals surface area (Å²) in [5.74, 6) is 0.877. The van der Waals surface area contributed by atoms with Crippen LogP contribution in [0.4, 0.5) is 4.39 Å². The molecule has 3 aliphatic rings. The van der Waals surface area contributed by atoms with Gasteiger partial charge in [0, 0.05) is 48.3 Å². The summed E-state index contributed by atoms with van der Waals surface area (Å²) >= 11 is 0. The Hall–Kier alpha value is -2.17. The molecule has 0 spiro atoms. The Morgan fingerprint density at radius 1 is 1.32 bits per heavy atom. The summed E-state index contributed by atoms with van der Waals surface area (Å²) in [4.78, 5) is 14.8. The first-order valence-corrected chi connectivity index (χ1v) is 9.07. The molecule has 5 heteroatoms. The van der Waals surface area contributed by atoms with Gasteiger partial charge in [-0.2, -0.15) is 5.10 Å². The molecule has 4 nitrogen and oxygen atoms in total. The van der Waals surface area contributed by atoms with Crippen LogP contribution in [0, 0.1) is 17.2 Å². The molecule has 1 aromatic heterocycles. The molecule has 1 saturated heterocycles. The van der Waals surface area contributed by atoms with E-state index < -0.39 is 0 Å². The fraction of sp³-hybridized carbons (Fsp3) is 0.500. The van der Waals surface area contributed by atoms with Crippen molar-refractivity contribution in [2.75, 3.05) is 13.1 Å². The maximum Gasteiger partial charge on any atom is 0.228 e. The number of hydrogen-bond acceptors (Lipinski definition) is 2. The number of carbonyl (C=O) groups is 1. The molecule has 0 radical (unpaired) electrons. The van der Waals surface area contributed by atoms with Crippen molar-refractivity contribution in [1.82, 2.24) is 14.7 Å². The average molecular weight is 339 g/mol. The van der Waals surface area contributed by atoms with Gasteiger partial charge in [0.25, 0.3) is 0 Å². The minimum atomic E-state index is -0.240. The second-order valence-corrected chi connectivity index (χ2v) is 8.18. The van der Waals surface area contributed by atoms with Crippen LogP contribution in [-0.4, -0.2) is 33.7 Å². The van der Waals surface area contributed by atoms with Crippen molar-refractivity contribution in [1.29, 1.82) is 0 Å². The van der Waals surface area contributed by atoms with Crippen LogP contribution >= 0.6 is 0 Å². The number of aryl methyl sites for hydroxylation is 1. The largest absolute Gasteiger partial charge is 0.341 e. The number of fused-ring (bicyclic) bond motifs is 3. The fourth-order valence-electron chi connectivity index (χ4n) is 4.66. The zero-order valence-corrected chi connectivity index (χ0v) is 14.6. The quantitative estimate of drug-likeness (QED) is 0.843. The van der Waals surface area contributed by atoms with E-state index in [2.05, 4.69) is 16.9 Å². The van der Waals surface area contributed by atoms with E-state index in [0.717, 1.165) is 43.6 Å². The van der Waals surface area contributed by atoms with Gasteiger partial charge < -0.3 is 4.90 Å². The third kappa shape index (κ3) is 2.17. The molecule has 2 heterocycles. The minimum Gasteiger partial charge on any atom is -0.341 e. The maximum atomic E-state index is 13.7. The number of halogens is 1. The fourth-order valence-corrected chi connectivity index (χ4v) is 4.66. The van der Waals surface area contributed by atoms with Gasteiger partial charge in [0.2, 0.25) is 5.91 Å². The first-order valence-electron chi connectivity index (χ1n) is 9.07. The Bertz CT molecular complexity index is 883. The van der Waals surface area contributed by atoms with Gasteiger partial charge in [-0.15, -0.1) is 0 Å². The Balaban J connectivity index is 1.51. The lowest BCUT2D eigenvalue weighted by Gasteiger charge is -2.21. The number of aromatic nitrogens is 2. The number of rotatable bonds is 2. The van der Waals surface area contributed by atoms with E-state index >= 15 is 0 Å². The highest BCUT2D eigenvalue weighted by Gasteiger charge is 2.52. The number of nitrogens with zero attached hydrogens (tertiary/aromatic N) is 3. The second kappa shape index (κ2) is 4.93. The molecule has 0 unspecified atom stereocenters. The molecule has 1 amide bonds. The summed E-state index contributed by atoms with van der Waals surface area (Å²) in [5.41, 5.74) is 4.09. The first-order chi connectivity index (χ1) is 12.0. The van der Waals surface area contributed by atoms with Crippen LogP contribution in [0.25, 0.3) is 11.3 Å². The third-order valence-corrected chi connectivity index (χ3v) is 6.38. The van der Waals surface area contributed by atoms with Crippen molar-refractivity contribution in [2.45, 2.75) is 32.1 Å². The van der Waals surface area contributed by atoms with Crippen LogP contribution in [-0.2, 0) is 18.3 Å². The molecule has 1 aliphatic heterocycles. The number of amides is 1. The molecule has 2 fully saturated rings. The van der Waals surface area contributed by atoms with Crippen LogP contribution in [0.1, 0.15) is 36.9 Å². The van der Waals surface area contributed by atoms with E-state index in [1.807, 2.05) is 17.8 Å². The standard InChI is InChI=1S/C20H22FN3O/c1-20(6-7-20)19(25)24-10-13-9-16-17(15(13)11-24)18(22-23(16)2)12-4-3-5-14(21)8-12/h3-5,8,13,15H,6-7,9-11H2,1-2H3/t13-,15-/m0/s1. The molecule has 1 aromatic carbocycles. The van der Waals surface area contributed by atoms with Crippen LogP contribution in [0.15, 0.2) is 24.3 Å². The molecular formula is C20H22FN3O. The van der Waals surface area contributed by atoms with Crippen molar-refractivity contribution in [3.8, 4) is 11.3 Å². The lowest BCUT2D eigenvalue weighted by atomic mass is 9.94. The lowest BCUT2D eigenvalue weighted by Crippen LogP contribution is -2.35. The summed E-state index contributed by atoms with van der Waals surface area (Å²) in [7, 11) is 1.97. The zero-order chi connectivity index (χ0) is 17.3. The molecule has 2 atom stereocenters. The van der Waals surface area contributed by atoms with E-state index in [0.29, 0.717) is 17.7 Å². The van der Waals surface area contributed by atoms with Gasteiger partial charge in [0.1, 0.15) is 5.82 Å². The summed E-state index contributed by atoms with van der Waals surface area (Å²) in [6.07, 6.45) is 2.99. The highest BCUT2D eigenvalue weighted by Crippen LogP contribution is 2.51. The summed E-state index contributed by atoms with van der Waals surface area (Å²) in [6.45, 7) is 3.70. The molecule has 5 rings (SSSR count). The van der Waals surface area contributed by atoms with Crippen LogP contribution in [0.3, 0.4) is 0 Å².